The third-order valence-corrected chi connectivity index (χ3v) is 3.47. The minimum atomic E-state index is -0.0673. The van der Waals surface area contributed by atoms with Crippen LogP contribution in [-0.2, 0) is 6.54 Å². The minimum Gasteiger partial charge on any atom is -0.497 e. The van der Waals surface area contributed by atoms with Crippen LogP contribution in [0.4, 0.5) is 4.79 Å². The number of hydrogen-bond acceptors (Lipinski definition) is 3. The Hall–Kier alpha value is -2.17. The number of nitrogens with zero attached hydrogens (tertiary/aromatic N) is 1. The summed E-state index contributed by atoms with van der Waals surface area (Å²) in [5.41, 5.74) is 0.942. The van der Waals surface area contributed by atoms with Gasteiger partial charge in [0.25, 0.3) is 0 Å². The van der Waals surface area contributed by atoms with Crippen molar-refractivity contribution >= 4 is 6.03 Å². The first-order chi connectivity index (χ1) is 10.2. The smallest absolute Gasteiger partial charge is 0.318 e. The second kappa shape index (κ2) is 7.02. The Morgan fingerprint density at radius 2 is 2.19 bits per heavy atom. The molecule has 1 aromatic rings. The predicted molar refractivity (Wildman–Crippen MR) is 81.7 cm³/mol. The third-order valence-electron chi connectivity index (χ3n) is 3.47. The average Bonchev–Trinajstić information content (AvgIpc) is 3.34. The molecule has 1 fully saturated rings. The summed E-state index contributed by atoms with van der Waals surface area (Å²) < 4.78 is 10.6. The van der Waals surface area contributed by atoms with E-state index in [1.807, 2.05) is 23.1 Å². The van der Waals surface area contributed by atoms with Gasteiger partial charge in [-0.2, -0.15) is 0 Å². The van der Waals surface area contributed by atoms with Crippen molar-refractivity contribution < 1.29 is 14.3 Å². The SMILES string of the molecule is C=CCNC(=O)N(Cc1cc(OC)ccc1OC)C1CC1. The Balaban J connectivity index is 2.16. The molecule has 2 rings (SSSR count). The Morgan fingerprint density at radius 1 is 1.43 bits per heavy atom. The molecule has 0 unspecified atom stereocenters. The fourth-order valence-corrected chi connectivity index (χ4v) is 2.20. The second-order valence-electron chi connectivity index (χ2n) is 5.01. The zero-order valence-electron chi connectivity index (χ0n) is 12.6. The number of ether oxygens (including phenoxy) is 2. The number of nitrogens with one attached hydrogen (secondary N) is 1. The molecule has 2 amide bonds. The van der Waals surface area contributed by atoms with E-state index in [0.29, 0.717) is 19.1 Å². The molecule has 1 saturated carbocycles. The van der Waals surface area contributed by atoms with Crippen LogP contribution in [-0.4, -0.2) is 37.7 Å². The van der Waals surface area contributed by atoms with Crippen LogP contribution in [0.5, 0.6) is 11.5 Å². The standard InChI is InChI=1S/C16H22N2O3/c1-4-9-17-16(19)18(13-5-6-13)11-12-10-14(20-2)7-8-15(12)21-3/h4,7-8,10,13H,1,5-6,9,11H2,2-3H3,(H,17,19). The zero-order valence-corrected chi connectivity index (χ0v) is 12.6. The van der Waals surface area contributed by atoms with Crippen LogP contribution in [0, 0.1) is 0 Å². The molecule has 21 heavy (non-hydrogen) atoms. The van der Waals surface area contributed by atoms with Crippen molar-refractivity contribution in [2.45, 2.75) is 25.4 Å². The fraction of sp³-hybridized carbons (Fsp3) is 0.438. The molecule has 0 saturated heterocycles. The lowest BCUT2D eigenvalue weighted by Crippen LogP contribution is -2.41. The minimum absolute atomic E-state index is 0.0673. The van der Waals surface area contributed by atoms with E-state index in [9.17, 15) is 4.79 Å². The number of carbonyl (C=O) groups is 1. The van der Waals surface area contributed by atoms with Crippen LogP contribution in [0.25, 0.3) is 0 Å². The van der Waals surface area contributed by atoms with Gasteiger partial charge < -0.3 is 19.7 Å². The van der Waals surface area contributed by atoms with E-state index < -0.39 is 0 Å². The number of hydrogen-bond donors (Lipinski definition) is 1. The van der Waals surface area contributed by atoms with Gasteiger partial charge in [0.05, 0.1) is 20.8 Å². The maximum Gasteiger partial charge on any atom is 0.318 e. The largest absolute Gasteiger partial charge is 0.497 e. The first kappa shape index (κ1) is 15.2. The van der Waals surface area contributed by atoms with Gasteiger partial charge in [-0.05, 0) is 31.0 Å². The van der Waals surface area contributed by atoms with E-state index in [1.165, 1.54) is 0 Å². The maximum absolute atomic E-state index is 12.2. The molecule has 114 valence electrons. The quantitative estimate of drug-likeness (QED) is 0.785. The highest BCUT2D eigenvalue weighted by molar-refractivity contribution is 5.75. The molecule has 5 nitrogen and oxygen atoms in total. The van der Waals surface area contributed by atoms with Crippen molar-refractivity contribution in [2.75, 3.05) is 20.8 Å². The van der Waals surface area contributed by atoms with Crippen molar-refractivity contribution in [3.8, 4) is 11.5 Å². The molecule has 0 aliphatic heterocycles. The van der Waals surface area contributed by atoms with E-state index >= 15 is 0 Å². The van der Waals surface area contributed by atoms with Crippen LogP contribution in [0.2, 0.25) is 0 Å². The number of carbonyl (C=O) groups excluding carboxylic acids is 1. The lowest BCUT2D eigenvalue weighted by Gasteiger charge is -2.24. The molecule has 0 aromatic heterocycles. The van der Waals surface area contributed by atoms with Crippen LogP contribution in [0.15, 0.2) is 30.9 Å². The van der Waals surface area contributed by atoms with Crippen LogP contribution < -0.4 is 14.8 Å². The molecule has 1 aromatic carbocycles. The van der Waals surface area contributed by atoms with Crippen LogP contribution in [0.3, 0.4) is 0 Å². The third kappa shape index (κ3) is 3.90. The van der Waals surface area contributed by atoms with Crippen LogP contribution >= 0.6 is 0 Å². The highest BCUT2D eigenvalue weighted by atomic mass is 16.5. The van der Waals surface area contributed by atoms with Gasteiger partial charge in [0.15, 0.2) is 0 Å². The first-order valence-electron chi connectivity index (χ1n) is 7.06. The molecule has 0 spiro atoms. The van der Waals surface area contributed by atoms with Crippen molar-refractivity contribution in [2.24, 2.45) is 0 Å². The molecular weight excluding hydrogens is 268 g/mol. The molecule has 0 radical (unpaired) electrons. The van der Waals surface area contributed by atoms with E-state index in [4.69, 9.17) is 9.47 Å². The number of rotatable bonds is 7. The van der Waals surface area contributed by atoms with E-state index in [1.54, 1.807) is 20.3 Å². The zero-order chi connectivity index (χ0) is 15.2. The number of benzene rings is 1. The van der Waals surface area contributed by atoms with Crippen molar-refractivity contribution in [3.63, 3.8) is 0 Å². The summed E-state index contributed by atoms with van der Waals surface area (Å²) in [5, 5.41) is 2.84. The van der Waals surface area contributed by atoms with E-state index in [2.05, 4.69) is 11.9 Å². The van der Waals surface area contributed by atoms with Gasteiger partial charge in [0.1, 0.15) is 11.5 Å². The molecule has 0 atom stereocenters. The molecule has 1 aliphatic rings. The summed E-state index contributed by atoms with van der Waals surface area (Å²) in [5.74, 6) is 1.52. The number of amides is 2. The molecule has 0 heterocycles. The molecule has 0 bridgehead atoms. The Morgan fingerprint density at radius 3 is 2.76 bits per heavy atom. The fourth-order valence-electron chi connectivity index (χ4n) is 2.20. The molecule has 1 aliphatic carbocycles. The summed E-state index contributed by atoms with van der Waals surface area (Å²) in [6, 6.07) is 5.87. The Bertz CT molecular complexity index is 512. The first-order valence-corrected chi connectivity index (χ1v) is 7.06. The number of urea groups is 1. The topological polar surface area (TPSA) is 50.8 Å². The monoisotopic (exact) mass is 290 g/mol. The highest BCUT2D eigenvalue weighted by Gasteiger charge is 2.33. The second-order valence-corrected chi connectivity index (χ2v) is 5.01. The predicted octanol–water partition coefficient (Wildman–Crippen LogP) is 2.56. The van der Waals surface area contributed by atoms with Gasteiger partial charge in [-0.15, -0.1) is 6.58 Å². The highest BCUT2D eigenvalue weighted by Crippen LogP contribution is 2.31. The van der Waals surface area contributed by atoms with Crippen molar-refractivity contribution in [1.82, 2.24) is 10.2 Å². The van der Waals surface area contributed by atoms with Crippen molar-refractivity contribution in [3.05, 3.63) is 36.4 Å². The van der Waals surface area contributed by atoms with Gasteiger partial charge in [0.2, 0.25) is 0 Å². The lowest BCUT2D eigenvalue weighted by atomic mass is 10.1. The van der Waals surface area contributed by atoms with E-state index in [0.717, 1.165) is 29.9 Å². The summed E-state index contributed by atoms with van der Waals surface area (Å²) in [6.45, 7) is 4.59. The summed E-state index contributed by atoms with van der Waals surface area (Å²) in [6.07, 6.45) is 3.77. The molecular formula is C16H22N2O3. The maximum atomic E-state index is 12.2. The van der Waals surface area contributed by atoms with Gasteiger partial charge in [-0.3, -0.25) is 0 Å². The van der Waals surface area contributed by atoms with Gasteiger partial charge in [-0.25, -0.2) is 4.79 Å². The average molecular weight is 290 g/mol. The summed E-state index contributed by atoms with van der Waals surface area (Å²) >= 11 is 0. The van der Waals surface area contributed by atoms with Gasteiger partial charge in [-0.1, -0.05) is 6.08 Å². The molecule has 1 N–H and O–H groups in total. The van der Waals surface area contributed by atoms with Gasteiger partial charge >= 0.3 is 6.03 Å². The summed E-state index contributed by atoms with van der Waals surface area (Å²) in [4.78, 5) is 14.1. The normalized spacial score (nSPS) is 13.4. The number of methoxy groups -OCH3 is 2. The van der Waals surface area contributed by atoms with Crippen LogP contribution in [0.1, 0.15) is 18.4 Å². The van der Waals surface area contributed by atoms with Crippen molar-refractivity contribution in [1.29, 1.82) is 0 Å². The molecule has 5 heteroatoms. The lowest BCUT2D eigenvalue weighted by molar-refractivity contribution is 0.192. The Kier molecular flexibility index (Phi) is 5.09. The Labute approximate surface area is 125 Å². The van der Waals surface area contributed by atoms with Gasteiger partial charge in [0, 0.05) is 18.2 Å². The summed E-state index contributed by atoms with van der Waals surface area (Å²) in [7, 11) is 3.26. The van der Waals surface area contributed by atoms with E-state index in [-0.39, 0.29) is 6.03 Å².